The van der Waals surface area contributed by atoms with Gasteiger partial charge in [0.25, 0.3) is 0 Å². The van der Waals surface area contributed by atoms with Crippen LogP contribution in [0.5, 0.6) is 0 Å². The number of carbonyl (C=O) groups is 1. The molecular weight excluding hydrogens is 278 g/mol. The lowest BCUT2D eigenvalue weighted by atomic mass is 10.1. The first-order valence-electron chi connectivity index (χ1n) is 6.92. The van der Waals surface area contributed by atoms with Crippen LogP contribution >= 0.6 is 11.8 Å². The first-order chi connectivity index (χ1) is 9.96. The lowest BCUT2D eigenvalue weighted by molar-refractivity contribution is -0.115. The number of carbonyl (C=O) groups excluding carboxylic acids is 1. The average Bonchev–Trinajstić information content (AvgIpc) is 2.47. The molecule has 0 saturated carbocycles. The van der Waals surface area contributed by atoms with Crippen molar-refractivity contribution in [2.24, 2.45) is 0 Å². The fraction of sp³-hybridized carbons (Fsp3) is 0.278. The summed E-state index contributed by atoms with van der Waals surface area (Å²) >= 11 is 1.27. The molecule has 0 bridgehead atoms. The molecule has 0 saturated heterocycles. The van der Waals surface area contributed by atoms with Gasteiger partial charge >= 0.3 is 0 Å². The molecule has 0 amide bonds. The van der Waals surface area contributed by atoms with Gasteiger partial charge in [-0.3, -0.25) is 4.79 Å². The first-order valence-corrected chi connectivity index (χ1v) is 7.74. The second kappa shape index (κ2) is 8.01. The van der Waals surface area contributed by atoms with Gasteiger partial charge < -0.3 is 5.32 Å². The molecule has 0 aromatic heterocycles. The highest BCUT2D eigenvalue weighted by Gasteiger charge is 2.26. The maximum absolute atomic E-state index is 12.4. The Morgan fingerprint density at radius 1 is 1.33 bits per heavy atom. The third kappa shape index (κ3) is 4.73. The largest absolute Gasteiger partial charge is 0.308 e. The van der Waals surface area contributed by atoms with Crippen molar-refractivity contribution in [1.29, 1.82) is 0 Å². The van der Waals surface area contributed by atoms with E-state index in [9.17, 15) is 4.79 Å². The van der Waals surface area contributed by atoms with Crippen molar-refractivity contribution >= 4 is 22.5 Å². The zero-order valence-corrected chi connectivity index (χ0v) is 14.0. The number of allylic oxidation sites excluding steroid dienone is 5. The summed E-state index contributed by atoms with van der Waals surface area (Å²) in [7, 11) is 1.80. The van der Waals surface area contributed by atoms with E-state index in [0.717, 1.165) is 16.0 Å². The van der Waals surface area contributed by atoms with Crippen molar-refractivity contribution < 1.29 is 4.79 Å². The van der Waals surface area contributed by atoms with Crippen LogP contribution in [-0.4, -0.2) is 17.7 Å². The summed E-state index contributed by atoms with van der Waals surface area (Å²) in [5.74, 6) is 0. The fourth-order valence-corrected chi connectivity index (χ4v) is 2.66. The minimum Gasteiger partial charge on any atom is -0.308 e. The van der Waals surface area contributed by atoms with Gasteiger partial charge in [0.2, 0.25) is 5.12 Å². The van der Waals surface area contributed by atoms with Gasteiger partial charge in [0, 0.05) is 4.90 Å². The highest BCUT2D eigenvalue weighted by atomic mass is 32.2. The summed E-state index contributed by atoms with van der Waals surface area (Å²) in [6, 6.07) is 7.93. The van der Waals surface area contributed by atoms with Crippen LogP contribution in [0.4, 0.5) is 0 Å². The Bertz CT molecular complexity index is 570. The Balaban J connectivity index is 3.19. The number of thioether (sulfide) groups is 1. The molecule has 112 valence electrons. The predicted molar refractivity (Wildman–Crippen MR) is 93.4 cm³/mol. The summed E-state index contributed by atoms with van der Waals surface area (Å²) in [6.45, 7) is 9.50. The van der Waals surface area contributed by atoms with Crippen molar-refractivity contribution in [3.63, 3.8) is 0 Å². The van der Waals surface area contributed by atoms with Crippen LogP contribution in [0.2, 0.25) is 0 Å². The summed E-state index contributed by atoms with van der Waals surface area (Å²) in [5, 5.41) is 3.14. The van der Waals surface area contributed by atoms with Gasteiger partial charge in [-0.1, -0.05) is 49.1 Å². The van der Waals surface area contributed by atoms with Crippen LogP contribution in [0.25, 0.3) is 5.57 Å². The fourth-order valence-electron chi connectivity index (χ4n) is 1.67. The highest BCUT2D eigenvalue weighted by Crippen LogP contribution is 2.32. The maximum Gasteiger partial charge on any atom is 0.213 e. The van der Waals surface area contributed by atoms with Crippen LogP contribution in [-0.2, 0) is 4.79 Å². The van der Waals surface area contributed by atoms with Gasteiger partial charge in [0.15, 0.2) is 0 Å². The number of likely N-dealkylation sites (N-methyl/N-ethyl adjacent to an activating group) is 1. The molecule has 0 unspecified atom stereocenters. The van der Waals surface area contributed by atoms with E-state index in [0.29, 0.717) is 0 Å². The SMILES string of the molecule is C=C/C=C(\C=C/C)c1ccccc1SC(=O)C(C)(C)NC. The third-order valence-corrected chi connectivity index (χ3v) is 4.45. The summed E-state index contributed by atoms with van der Waals surface area (Å²) in [4.78, 5) is 13.4. The van der Waals surface area contributed by atoms with Crippen LogP contribution in [0.15, 0.2) is 60.0 Å². The molecule has 0 fully saturated rings. The molecule has 0 heterocycles. The first kappa shape index (κ1) is 17.5. The van der Waals surface area contributed by atoms with Crippen molar-refractivity contribution in [3.05, 3.63) is 60.7 Å². The zero-order chi connectivity index (χ0) is 15.9. The Labute approximate surface area is 132 Å². The zero-order valence-electron chi connectivity index (χ0n) is 13.1. The third-order valence-electron chi connectivity index (χ3n) is 3.18. The van der Waals surface area contributed by atoms with Crippen molar-refractivity contribution in [3.8, 4) is 0 Å². The van der Waals surface area contributed by atoms with Crippen molar-refractivity contribution in [2.45, 2.75) is 31.2 Å². The molecule has 2 nitrogen and oxygen atoms in total. The van der Waals surface area contributed by atoms with Gasteiger partial charge in [0.05, 0.1) is 5.54 Å². The number of hydrogen-bond acceptors (Lipinski definition) is 3. The van der Waals surface area contributed by atoms with Crippen LogP contribution < -0.4 is 5.32 Å². The second-order valence-electron chi connectivity index (χ2n) is 5.12. The molecule has 0 radical (unpaired) electrons. The normalized spacial score (nSPS) is 12.7. The molecule has 0 atom stereocenters. The van der Waals surface area contributed by atoms with Crippen molar-refractivity contribution in [2.75, 3.05) is 7.05 Å². The lowest BCUT2D eigenvalue weighted by Gasteiger charge is -2.22. The average molecular weight is 301 g/mol. The Hall–Kier alpha value is -1.58. The van der Waals surface area contributed by atoms with E-state index >= 15 is 0 Å². The van der Waals surface area contributed by atoms with E-state index in [1.807, 2.05) is 63.3 Å². The van der Waals surface area contributed by atoms with E-state index in [1.54, 1.807) is 13.1 Å². The van der Waals surface area contributed by atoms with E-state index in [-0.39, 0.29) is 5.12 Å². The van der Waals surface area contributed by atoms with Crippen LogP contribution in [0.1, 0.15) is 26.3 Å². The molecule has 0 aliphatic rings. The predicted octanol–water partition coefficient (Wildman–Crippen LogP) is 4.45. The number of rotatable bonds is 6. The van der Waals surface area contributed by atoms with Crippen molar-refractivity contribution in [1.82, 2.24) is 5.32 Å². The maximum atomic E-state index is 12.4. The highest BCUT2D eigenvalue weighted by molar-refractivity contribution is 8.14. The van der Waals surface area contributed by atoms with Gasteiger partial charge in [-0.25, -0.2) is 0 Å². The van der Waals surface area contributed by atoms with E-state index in [1.165, 1.54) is 11.8 Å². The van der Waals surface area contributed by atoms with E-state index in [2.05, 4.69) is 11.9 Å². The summed E-state index contributed by atoms with van der Waals surface area (Å²) in [6.07, 6.45) is 7.72. The number of nitrogens with one attached hydrogen (secondary N) is 1. The Morgan fingerprint density at radius 2 is 2.00 bits per heavy atom. The monoisotopic (exact) mass is 301 g/mol. The molecule has 21 heavy (non-hydrogen) atoms. The molecule has 1 rings (SSSR count). The molecular formula is C18H23NOS. The van der Waals surface area contributed by atoms with Gasteiger partial charge in [-0.15, -0.1) is 0 Å². The molecule has 0 aliphatic heterocycles. The number of benzene rings is 1. The van der Waals surface area contributed by atoms with Gasteiger partial charge in [-0.05, 0) is 56.8 Å². The van der Waals surface area contributed by atoms with Crippen LogP contribution in [0.3, 0.4) is 0 Å². The smallest absolute Gasteiger partial charge is 0.213 e. The lowest BCUT2D eigenvalue weighted by Crippen LogP contribution is -2.42. The minimum atomic E-state index is -0.555. The van der Waals surface area contributed by atoms with Crippen LogP contribution in [0, 0.1) is 0 Å². The minimum absolute atomic E-state index is 0.0934. The summed E-state index contributed by atoms with van der Waals surface area (Å²) in [5.41, 5.74) is 1.53. The Kier molecular flexibility index (Phi) is 6.66. The molecule has 1 N–H and O–H groups in total. The van der Waals surface area contributed by atoms with Gasteiger partial charge in [0.1, 0.15) is 0 Å². The molecule has 0 aliphatic carbocycles. The molecule has 0 spiro atoms. The number of hydrogen-bond donors (Lipinski definition) is 1. The molecule has 1 aromatic carbocycles. The standard InChI is InChI=1S/C18H23NOS/c1-6-10-14(11-7-2)15-12-8-9-13-16(15)21-17(20)18(3,4)19-5/h6-13,19H,1H2,2-5H3/b11-7-,14-10+. The summed E-state index contributed by atoms with van der Waals surface area (Å²) < 4.78 is 0. The molecule has 3 heteroatoms. The van der Waals surface area contributed by atoms with E-state index < -0.39 is 5.54 Å². The topological polar surface area (TPSA) is 29.1 Å². The molecule has 1 aromatic rings. The quantitative estimate of drug-likeness (QED) is 0.622. The Morgan fingerprint density at radius 3 is 2.57 bits per heavy atom. The van der Waals surface area contributed by atoms with E-state index in [4.69, 9.17) is 0 Å². The van der Waals surface area contributed by atoms with Gasteiger partial charge in [-0.2, -0.15) is 0 Å². The second-order valence-corrected chi connectivity index (χ2v) is 6.13.